The molecule has 1 aliphatic rings. The first-order valence-corrected chi connectivity index (χ1v) is 5.01. The summed E-state index contributed by atoms with van der Waals surface area (Å²) in [4.78, 5) is 34.4. The van der Waals surface area contributed by atoms with Crippen molar-refractivity contribution in [3.63, 3.8) is 0 Å². The summed E-state index contributed by atoms with van der Waals surface area (Å²) >= 11 is 0. The number of ketones is 1. The molecule has 16 heavy (non-hydrogen) atoms. The van der Waals surface area contributed by atoms with Crippen molar-refractivity contribution in [1.82, 2.24) is 0 Å². The predicted molar refractivity (Wildman–Crippen MR) is 54.5 cm³/mol. The summed E-state index contributed by atoms with van der Waals surface area (Å²) in [6.45, 7) is 3.44. The van der Waals surface area contributed by atoms with Crippen LogP contribution in [0.3, 0.4) is 0 Å². The van der Waals surface area contributed by atoms with Gasteiger partial charge < -0.3 is 9.47 Å². The van der Waals surface area contributed by atoms with Gasteiger partial charge in [0.25, 0.3) is 0 Å². The normalized spacial score (nSPS) is 19.9. The third kappa shape index (κ3) is 2.13. The highest BCUT2D eigenvalue weighted by Gasteiger charge is 2.38. The Morgan fingerprint density at radius 2 is 2.06 bits per heavy atom. The van der Waals surface area contributed by atoms with Crippen LogP contribution in [0.25, 0.3) is 0 Å². The van der Waals surface area contributed by atoms with E-state index in [1.165, 1.54) is 7.11 Å². The molecule has 0 spiro atoms. The van der Waals surface area contributed by atoms with Crippen LogP contribution in [0, 0.1) is 5.92 Å². The van der Waals surface area contributed by atoms with E-state index in [2.05, 4.69) is 4.74 Å². The Balaban J connectivity index is 2.97. The van der Waals surface area contributed by atoms with Crippen molar-refractivity contribution in [2.45, 2.75) is 20.3 Å². The molecule has 0 aromatic rings. The second-order valence-electron chi connectivity index (χ2n) is 3.48. The topological polar surface area (TPSA) is 69.7 Å². The highest BCUT2D eigenvalue weighted by Crippen LogP contribution is 2.30. The van der Waals surface area contributed by atoms with Gasteiger partial charge in [-0.3, -0.25) is 9.59 Å². The van der Waals surface area contributed by atoms with Crippen LogP contribution in [0.15, 0.2) is 11.1 Å². The van der Waals surface area contributed by atoms with Crippen LogP contribution in [0.4, 0.5) is 0 Å². The number of Topliss-reactive ketones (excluding diaryl/α,β-unsaturated/α-hetero) is 1. The van der Waals surface area contributed by atoms with Gasteiger partial charge in [-0.2, -0.15) is 0 Å². The van der Waals surface area contributed by atoms with Gasteiger partial charge in [-0.25, -0.2) is 4.79 Å². The smallest absolute Gasteiger partial charge is 0.341 e. The maximum absolute atomic E-state index is 11.6. The van der Waals surface area contributed by atoms with Crippen LogP contribution >= 0.6 is 0 Å². The van der Waals surface area contributed by atoms with E-state index >= 15 is 0 Å². The minimum Gasteiger partial charge on any atom is -0.469 e. The lowest BCUT2D eigenvalue weighted by Gasteiger charge is -2.07. The number of methoxy groups -OCH3 is 1. The number of carbonyl (C=O) groups excluding carboxylic acids is 3. The zero-order valence-electron chi connectivity index (χ0n) is 9.53. The lowest BCUT2D eigenvalue weighted by atomic mass is 10.0. The monoisotopic (exact) mass is 226 g/mol. The van der Waals surface area contributed by atoms with Crippen LogP contribution in [-0.4, -0.2) is 31.4 Å². The van der Waals surface area contributed by atoms with E-state index < -0.39 is 17.9 Å². The number of hydrogen-bond donors (Lipinski definition) is 0. The van der Waals surface area contributed by atoms with Crippen molar-refractivity contribution in [1.29, 1.82) is 0 Å². The van der Waals surface area contributed by atoms with E-state index in [1.807, 2.05) is 0 Å². The standard InChI is InChI=1S/C11H14O5/c1-4-16-11(14)9-6(2)7(5-8(9)12)10(13)15-3/h7H,4-5H2,1-3H3. The van der Waals surface area contributed by atoms with Gasteiger partial charge in [0.05, 0.1) is 19.6 Å². The highest BCUT2D eigenvalue weighted by atomic mass is 16.5. The van der Waals surface area contributed by atoms with E-state index in [1.54, 1.807) is 13.8 Å². The fourth-order valence-corrected chi connectivity index (χ4v) is 1.72. The second kappa shape index (κ2) is 4.92. The van der Waals surface area contributed by atoms with Crippen LogP contribution in [0.1, 0.15) is 20.3 Å². The second-order valence-corrected chi connectivity index (χ2v) is 3.48. The average Bonchev–Trinajstić information content (AvgIpc) is 2.53. The molecule has 0 amide bonds. The van der Waals surface area contributed by atoms with E-state index in [0.29, 0.717) is 5.57 Å². The van der Waals surface area contributed by atoms with E-state index in [0.717, 1.165) is 0 Å². The summed E-state index contributed by atoms with van der Waals surface area (Å²) in [7, 11) is 1.25. The molecule has 88 valence electrons. The number of esters is 2. The maximum atomic E-state index is 11.6. The molecule has 0 heterocycles. The molecule has 0 radical (unpaired) electrons. The third-order valence-electron chi connectivity index (χ3n) is 2.55. The molecule has 1 aliphatic carbocycles. The van der Waals surface area contributed by atoms with E-state index in [9.17, 15) is 14.4 Å². The largest absolute Gasteiger partial charge is 0.469 e. The van der Waals surface area contributed by atoms with Crippen molar-refractivity contribution < 1.29 is 23.9 Å². The molecule has 0 saturated heterocycles. The predicted octanol–water partition coefficient (Wildman–Crippen LogP) is 0.628. The van der Waals surface area contributed by atoms with Crippen molar-refractivity contribution in [3.8, 4) is 0 Å². The Bertz CT molecular complexity index is 367. The molecular formula is C11H14O5. The highest BCUT2D eigenvalue weighted by molar-refractivity contribution is 6.21. The molecule has 1 rings (SSSR count). The van der Waals surface area contributed by atoms with Crippen molar-refractivity contribution >= 4 is 17.7 Å². The van der Waals surface area contributed by atoms with Crippen LogP contribution < -0.4 is 0 Å². The summed E-state index contributed by atoms with van der Waals surface area (Å²) < 4.78 is 9.32. The molecule has 0 aromatic heterocycles. The molecule has 0 bridgehead atoms. The quantitative estimate of drug-likeness (QED) is 0.521. The van der Waals surface area contributed by atoms with Gasteiger partial charge in [-0.1, -0.05) is 0 Å². The van der Waals surface area contributed by atoms with Gasteiger partial charge in [0.15, 0.2) is 5.78 Å². The lowest BCUT2D eigenvalue weighted by Crippen LogP contribution is -2.15. The van der Waals surface area contributed by atoms with E-state index in [4.69, 9.17) is 4.74 Å². The Morgan fingerprint density at radius 3 is 2.56 bits per heavy atom. The summed E-state index contributed by atoms with van der Waals surface area (Å²) in [5.74, 6) is -2.15. The van der Waals surface area contributed by atoms with Gasteiger partial charge in [0.1, 0.15) is 5.57 Å². The third-order valence-corrected chi connectivity index (χ3v) is 2.55. The zero-order chi connectivity index (χ0) is 12.3. The molecule has 0 N–H and O–H groups in total. The summed E-state index contributed by atoms with van der Waals surface area (Å²) in [6.07, 6.45) is -0.00729. The number of carbonyl (C=O) groups is 3. The molecule has 0 aliphatic heterocycles. The first-order valence-electron chi connectivity index (χ1n) is 5.01. The van der Waals surface area contributed by atoms with Crippen LogP contribution in [0.5, 0.6) is 0 Å². The van der Waals surface area contributed by atoms with Crippen LogP contribution in [0.2, 0.25) is 0 Å². The Kier molecular flexibility index (Phi) is 3.82. The van der Waals surface area contributed by atoms with E-state index in [-0.39, 0.29) is 24.4 Å². The molecule has 0 saturated carbocycles. The maximum Gasteiger partial charge on any atom is 0.341 e. The van der Waals surface area contributed by atoms with Gasteiger partial charge in [-0.05, 0) is 19.4 Å². The molecule has 0 aromatic carbocycles. The SMILES string of the molecule is CCOC(=O)C1=C(C)C(C(=O)OC)CC1=O. The first-order chi connectivity index (χ1) is 7.52. The zero-order valence-corrected chi connectivity index (χ0v) is 9.53. The Morgan fingerprint density at radius 1 is 1.44 bits per heavy atom. The molecule has 0 fully saturated rings. The first kappa shape index (κ1) is 12.4. The minimum atomic E-state index is -0.656. The molecule has 5 nitrogen and oxygen atoms in total. The molecular weight excluding hydrogens is 212 g/mol. The lowest BCUT2D eigenvalue weighted by molar-refractivity contribution is -0.145. The average molecular weight is 226 g/mol. The summed E-state index contributed by atoms with van der Waals surface area (Å²) in [5.41, 5.74) is 0.438. The molecule has 1 atom stereocenters. The Labute approximate surface area is 93.4 Å². The van der Waals surface area contributed by atoms with Crippen LogP contribution in [-0.2, 0) is 23.9 Å². The van der Waals surface area contributed by atoms with Crippen molar-refractivity contribution in [2.75, 3.05) is 13.7 Å². The number of rotatable bonds is 3. The van der Waals surface area contributed by atoms with Gasteiger partial charge in [-0.15, -0.1) is 0 Å². The van der Waals surface area contributed by atoms with Crippen molar-refractivity contribution in [2.24, 2.45) is 5.92 Å². The van der Waals surface area contributed by atoms with Gasteiger partial charge >= 0.3 is 11.9 Å². The number of ether oxygens (including phenoxy) is 2. The fraction of sp³-hybridized carbons (Fsp3) is 0.545. The molecule has 5 heteroatoms. The summed E-state index contributed by atoms with van der Waals surface area (Å²) in [5, 5.41) is 0. The van der Waals surface area contributed by atoms with Crippen molar-refractivity contribution in [3.05, 3.63) is 11.1 Å². The number of hydrogen-bond acceptors (Lipinski definition) is 5. The van der Waals surface area contributed by atoms with Gasteiger partial charge in [0, 0.05) is 6.42 Å². The Hall–Kier alpha value is -1.65. The summed E-state index contributed by atoms with van der Waals surface area (Å²) in [6, 6.07) is 0. The fourth-order valence-electron chi connectivity index (χ4n) is 1.72. The minimum absolute atomic E-state index is 0.00255. The van der Waals surface area contributed by atoms with Gasteiger partial charge in [0.2, 0.25) is 0 Å². The molecule has 1 unspecified atom stereocenters.